The zero-order valence-electron chi connectivity index (χ0n) is 20.5. The first-order chi connectivity index (χ1) is 17.7. The van der Waals surface area contributed by atoms with Crippen LogP contribution in [0.1, 0.15) is 11.1 Å². The monoisotopic (exact) mass is 458 g/mol. The standard InChI is InChI=1S/C36H26/c1-23-15-19-25(20-16-23)33-31-13-7-8-14-32(31)34(26-21-17-24(2)18-22-26)36-30-12-6-4-10-28(30)27-9-3-5-11-29(27)35(33)36/h3-22H,1-2H3. The molecule has 0 bridgehead atoms. The van der Waals surface area contributed by atoms with Crippen LogP contribution in [0.15, 0.2) is 121 Å². The SMILES string of the molecule is Cc1ccc(-c2c3ccccc3c(-c3ccc(C)cc3)c3c4ccccc4c4ccccc4c23)cc1. The van der Waals surface area contributed by atoms with E-state index in [0.29, 0.717) is 0 Å². The van der Waals surface area contributed by atoms with Crippen molar-refractivity contribution >= 4 is 43.1 Å². The molecule has 170 valence electrons. The van der Waals surface area contributed by atoms with Crippen LogP contribution in [0.5, 0.6) is 0 Å². The molecule has 0 heteroatoms. The zero-order chi connectivity index (χ0) is 24.2. The van der Waals surface area contributed by atoms with E-state index in [2.05, 4.69) is 135 Å². The lowest BCUT2D eigenvalue weighted by atomic mass is 9.81. The minimum Gasteiger partial charge on any atom is -0.0616 e. The maximum absolute atomic E-state index is 2.30. The molecular weight excluding hydrogens is 432 g/mol. The number of aryl methyl sites for hydroxylation is 2. The molecule has 0 saturated heterocycles. The molecular formula is C36H26. The van der Waals surface area contributed by atoms with Gasteiger partial charge in [0, 0.05) is 0 Å². The summed E-state index contributed by atoms with van der Waals surface area (Å²) in [5.74, 6) is 0. The summed E-state index contributed by atoms with van der Waals surface area (Å²) in [4.78, 5) is 0. The average molecular weight is 459 g/mol. The number of hydrogen-bond donors (Lipinski definition) is 0. The minimum absolute atomic E-state index is 1.26. The summed E-state index contributed by atoms with van der Waals surface area (Å²) in [6.07, 6.45) is 0. The fraction of sp³-hybridized carbons (Fsp3) is 0.0556. The number of rotatable bonds is 2. The van der Waals surface area contributed by atoms with Crippen molar-refractivity contribution in [1.29, 1.82) is 0 Å². The summed E-state index contributed by atoms with van der Waals surface area (Å²) >= 11 is 0. The highest BCUT2D eigenvalue weighted by molar-refractivity contribution is 6.36. The molecule has 0 aliphatic rings. The second kappa shape index (κ2) is 8.07. The lowest BCUT2D eigenvalue weighted by Crippen LogP contribution is -1.94. The van der Waals surface area contributed by atoms with Gasteiger partial charge in [-0.25, -0.2) is 0 Å². The van der Waals surface area contributed by atoms with Gasteiger partial charge in [0.15, 0.2) is 0 Å². The van der Waals surface area contributed by atoms with Crippen LogP contribution < -0.4 is 0 Å². The van der Waals surface area contributed by atoms with Crippen molar-refractivity contribution in [2.24, 2.45) is 0 Å². The summed E-state index contributed by atoms with van der Waals surface area (Å²) in [5, 5.41) is 10.5. The second-order valence-electron chi connectivity index (χ2n) is 9.87. The highest BCUT2D eigenvalue weighted by atomic mass is 14.2. The van der Waals surface area contributed by atoms with Crippen LogP contribution in [0.4, 0.5) is 0 Å². The maximum Gasteiger partial charge on any atom is -0.000764 e. The van der Waals surface area contributed by atoms with E-state index in [1.54, 1.807) is 0 Å². The van der Waals surface area contributed by atoms with Gasteiger partial charge in [0.05, 0.1) is 0 Å². The normalized spacial score (nSPS) is 11.6. The Hall–Kier alpha value is -4.42. The van der Waals surface area contributed by atoms with Crippen LogP contribution in [-0.2, 0) is 0 Å². The lowest BCUT2D eigenvalue weighted by Gasteiger charge is -2.21. The predicted molar refractivity (Wildman–Crippen MR) is 157 cm³/mol. The number of fused-ring (bicyclic) bond motifs is 7. The Morgan fingerprint density at radius 3 is 0.972 bits per heavy atom. The van der Waals surface area contributed by atoms with E-state index < -0.39 is 0 Å². The van der Waals surface area contributed by atoms with Gasteiger partial charge in [-0.1, -0.05) is 132 Å². The highest BCUT2D eigenvalue weighted by Gasteiger charge is 2.21. The molecule has 0 aromatic heterocycles. The molecule has 0 amide bonds. The first kappa shape index (κ1) is 20.9. The predicted octanol–water partition coefficient (Wildman–Crippen LogP) is 10.3. The smallest absolute Gasteiger partial charge is 0.000764 e. The van der Waals surface area contributed by atoms with Gasteiger partial charge in [-0.3, -0.25) is 0 Å². The number of benzene rings is 7. The van der Waals surface area contributed by atoms with E-state index in [-0.39, 0.29) is 0 Å². The minimum atomic E-state index is 1.26. The quantitative estimate of drug-likeness (QED) is 0.178. The van der Waals surface area contributed by atoms with Gasteiger partial charge in [0.1, 0.15) is 0 Å². The van der Waals surface area contributed by atoms with Crippen LogP contribution in [0, 0.1) is 13.8 Å². The van der Waals surface area contributed by atoms with Gasteiger partial charge < -0.3 is 0 Å². The summed E-state index contributed by atoms with van der Waals surface area (Å²) in [6.45, 7) is 4.31. The first-order valence-electron chi connectivity index (χ1n) is 12.6. The van der Waals surface area contributed by atoms with E-state index in [4.69, 9.17) is 0 Å². The molecule has 36 heavy (non-hydrogen) atoms. The zero-order valence-corrected chi connectivity index (χ0v) is 20.5. The Morgan fingerprint density at radius 2 is 0.611 bits per heavy atom. The molecule has 7 rings (SSSR count). The van der Waals surface area contributed by atoms with Crippen molar-refractivity contribution < 1.29 is 0 Å². The van der Waals surface area contributed by atoms with Gasteiger partial charge in [0.25, 0.3) is 0 Å². The van der Waals surface area contributed by atoms with E-state index in [0.717, 1.165) is 0 Å². The molecule has 0 unspecified atom stereocenters. The Balaban J connectivity index is 1.85. The molecule has 0 fully saturated rings. The molecule has 0 spiro atoms. The molecule has 0 aliphatic carbocycles. The Morgan fingerprint density at radius 1 is 0.306 bits per heavy atom. The van der Waals surface area contributed by atoms with E-state index in [9.17, 15) is 0 Å². The molecule has 7 aromatic rings. The molecule has 0 nitrogen and oxygen atoms in total. The largest absolute Gasteiger partial charge is 0.0616 e. The van der Waals surface area contributed by atoms with Crippen LogP contribution in [-0.4, -0.2) is 0 Å². The van der Waals surface area contributed by atoms with Gasteiger partial charge in [-0.15, -0.1) is 0 Å². The average Bonchev–Trinajstić information content (AvgIpc) is 2.93. The molecule has 0 atom stereocenters. The summed E-state index contributed by atoms with van der Waals surface area (Å²) < 4.78 is 0. The van der Waals surface area contributed by atoms with Gasteiger partial charge in [-0.2, -0.15) is 0 Å². The van der Waals surface area contributed by atoms with Crippen molar-refractivity contribution in [2.75, 3.05) is 0 Å². The summed E-state index contributed by atoms with van der Waals surface area (Å²) in [7, 11) is 0. The van der Waals surface area contributed by atoms with Crippen molar-refractivity contribution in [3.63, 3.8) is 0 Å². The number of hydrogen-bond acceptors (Lipinski definition) is 0. The van der Waals surface area contributed by atoms with E-state index in [1.807, 2.05) is 0 Å². The fourth-order valence-electron chi connectivity index (χ4n) is 5.89. The molecule has 0 heterocycles. The van der Waals surface area contributed by atoms with Crippen LogP contribution in [0.2, 0.25) is 0 Å². The molecule has 0 radical (unpaired) electrons. The molecule has 7 aromatic carbocycles. The molecule has 0 aliphatic heterocycles. The summed E-state index contributed by atoms with van der Waals surface area (Å²) in [6, 6.07) is 44.8. The maximum atomic E-state index is 2.30. The third-order valence-electron chi connectivity index (χ3n) is 7.58. The van der Waals surface area contributed by atoms with Gasteiger partial charge in [-0.05, 0) is 79.2 Å². The highest BCUT2D eigenvalue weighted by Crippen LogP contribution is 2.49. The molecule has 0 N–H and O–H groups in total. The van der Waals surface area contributed by atoms with Gasteiger partial charge in [0.2, 0.25) is 0 Å². The van der Waals surface area contributed by atoms with Crippen molar-refractivity contribution in [1.82, 2.24) is 0 Å². The Labute approximate surface area is 211 Å². The van der Waals surface area contributed by atoms with Gasteiger partial charge >= 0.3 is 0 Å². The van der Waals surface area contributed by atoms with Crippen LogP contribution >= 0.6 is 0 Å². The Kier molecular flexibility index (Phi) is 4.69. The van der Waals surface area contributed by atoms with Crippen molar-refractivity contribution in [2.45, 2.75) is 13.8 Å². The Bertz CT molecular complexity index is 1780. The lowest BCUT2D eigenvalue weighted by molar-refractivity contribution is 1.47. The van der Waals surface area contributed by atoms with Crippen LogP contribution in [0.3, 0.4) is 0 Å². The van der Waals surface area contributed by atoms with E-state index >= 15 is 0 Å². The third-order valence-corrected chi connectivity index (χ3v) is 7.58. The van der Waals surface area contributed by atoms with Crippen molar-refractivity contribution in [3.8, 4) is 22.3 Å². The van der Waals surface area contributed by atoms with Crippen LogP contribution in [0.25, 0.3) is 65.3 Å². The molecule has 0 saturated carbocycles. The fourth-order valence-corrected chi connectivity index (χ4v) is 5.89. The summed E-state index contributed by atoms with van der Waals surface area (Å²) in [5.41, 5.74) is 7.71. The third kappa shape index (κ3) is 3.08. The van der Waals surface area contributed by atoms with E-state index in [1.165, 1.54) is 76.5 Å². The topological polar surface area (TPSA) is 0 Å². The second-order valence-corrected chi connectivity index (χ2v) is 9.87. The van der Waals surface area contributed by atoms with Crippen molar-refractivity contribution in [3.05, 3.63) is 132 Å². The first-order valence-corrected chi connectivity index (χ1v) is 12.6.